The zero-order chi connectivity index (χ0) is 17.1. The number of aliphatic carboxylic acids is 1. The molecule has 0 atom stereocenters. The highest BCUT2D eigenvalue weighted by Crippen LogP contribution is 2.14. The smallest absolute Gasteiger partial charge is 0.355 e. The molecule has 0 radical (unpaired) electrons. The number of ether oxygens (including phenoxy) is 1. The van der Waals surface area contributed by atoms with Gasteiger partial charge in [0, 0.05) is 17.5 Å². The van der Waals surface area contributed by atoms with E-state index in [0.29, 0.717) is 0 Å². The summed E-state index contributed by atoms with van der Waals surface area (Å²) < 4.78 is 5.87. The molecule has 23 heavy (non-hydrogen) atoms. The number of aromatic hydroxyl groups is 1. The van der Waals surface area contributed by atoms with Gasteiger partial charge in [-0.05, 0) is 19.1 Å². The van der Waals surface area contributed by atoms with Gasteiger partial charge in [-0.25, -0.2) is 4.79 Å². The van der Waals surface area contributed by atoms with Crippen molar-refractivity contribution < 1.29 is 24.5 Å². The summed E-state index contributed by atoms with van der Waals surface area (Å²) in [7, 11) is 0. The van der Waals surface area contributed by atoms with Gasteiger partial charge in [0.05, 0.1) is 12.1 Å². The van der Waals surface area contributed by atoms with Gasteiger partial charge in [0.15, 0.2) is 11.2 Å². The molecule has 0 saturated carbocycles. The van der Waals surface area contributed by atoms with Crippen LogP contribution in [0.3, 0.4) is 0 Å². The van der Waals surface area contributed by atoms with Crippen LogP contribution in [0.25, 0.3) is 10.9 Å². The average molecular weight is 319 g/mol. The molecule has 0 aliphatic rings. The van der Waals surface area contributed by atoms with E-state index in [0.717, 1.165) is 22.8 Å². The fourth-order valence-corrected chi connectivity index (χ4v) is 2.13. The molecule has 0 bridgehead atoms. The second-order valence-electron chi connectivity index (χ2n) is 4.62. The number of aromatic nitrogens is 1. The van der Waals surface area contributed by atoms with Crippen molar-refractivity contribution in [2.24, 2.45) is 0 Å². The molecule has 8 heteroatoms. The van der Waals surface area contributed by atoms with Crippen LogP contribution >= 0.6 is 0 Å². The summed E-state index contributed by atoms with van der Waals surface area (Å²) in [5.74, 6) is -2.70. The molecule has 120 valence electrons. The van der Waals surface area contributed by atoms with Crippen molar-refractivity contribution in [3.63, 3.8) is 0 Å². The Balaban J connectivity index is 2.94. The SMILES string of the molecule is CCOC(=O)c1cc(=O)c2cc(=O)c(O)ccc2n1CC(=O)O. The second-order valence-corrected chi connectivity index (χ2v) is 4.62. The number of carboxylic acid groups (broad SMARTS) is 1. The van der Waals surface area contributed by atoms with E-state index in [4.69, 9.17) is 9.84 Å². The second kappa shape index (κ2) is 6.30. The lowest BCUT2D eigenvalue weighted by atomic mass is 10.2. The van der Waals surface area contributed by atoms with E-state index in [1.54, 1.807) is 6.92 Å². The van der Waals surface area contributed by atoms with Gasteiger partial charge in [-0.2, -0.15) is 0 Å². The van der Waals surface area contributed by atoms with E-state index in [9.17, 15) is 24.3 Å². The Morgan fingerprint density at radius 3 is 2.48 bits per heavy atom. The largest absolute Gasteiger partial charge is 0.504 e. The van der Waals surface area contributed by atoms with Crippen LogP contribution in [0.2, 0.25) is 0 Å². The lowest BCUT2D eigenvalue weighted by Gasteiger charge is -2.13. The number of carboxylic acids is 1. The summed E-state index contributed by atoms with van der Waals surface area (Å²) in [6.07, 6.45) is 0. The Bertz CT molecular complexity index is 914. The molecule has 0 spiro atoms. The lowest BCUT2D eigenvalue weighted by Crippen LogP contribution is -2.22. The molecule has 1 aromatic heterocycles. The van der Waals surface area contributed by atoms with Gasteiger partial charge in [-0.1, -0.05) is 0 Å². The highest BCUT2D eigenvalue weighted by molar-refractivity contribution is 5.92. The quantitative estimate of drug-likeness (QED) is 0.778. The van der Waals surface area contributed by atoms with Crippen LogP contribution in [0, 0.1) is 0 Å². The third-order valence-electron chi connectivity index (χ3n) is 3.10. The summed E-state index contributed by atoms with van der Waals surface area (Å²) in [5, 5.41) is 18.4. The Kier molecular flexibility index (Phi) is 4.44. The highest BCUT2D eigenvalue weighted by Gasteiger charge is 2.18. The highest BCUT2D eigenvalue weighted by atomic mass is 16.5. The van der Waals surface area contributed by atoms with Crippen LogP contribution in [0.15, 0.2) is 33.9 Å². The minimum Gasteiger partial charge on any atom is -0.504 e. The minimum atomic E-state index is -1.25. The molecule has 2 N–H and O–H groups in total. The van der Waals surface area contributed by atoms with Crippen molar-refractivity contribution >= 4 is 22.8 Å². The molecule has 0 amide bonds. The average Bonchev–Trinajstić information content (AvgIpc) is 2.62. The molecule has 0 aliphatic carbocycles. The Morgan fingerprint density at radius 1 is 1.17 bits per heavy atom. The summed E-state index contributed by atoms with van der Waals surface area (Å²) in [6.45, 7) is 0.996. The van der Waals surface area contributed by atoms with Crippen molar-refractivity contribution in [3.05, 3.63) is 50.4 Å². The van der Waals surface area contributed by atoms with Crippen LogP contribution in [0.5, 0.6) is 5.75 Å². The first-order valence-electron chi connectivity index (χ1n) is 6.65. The van der Waals surface area contributed by atoms with E-state index >= 15 is 0 Å². The van der Waals surface area contributed by atoms with Crippen LogP contribution in [0.4, 0.5) is 0 Å². The molecular formula is C15H13NO7. The molecule has 0 saturated heterocycles. The van der Waals surface area contributed by atoms with E-state index in [1.807, 2.05) is 0 Å². The molecular weight excluding hydrogens is 306 g/mol. The van der Waals surface area contributed by atoms with Crippen LogP contribution in [-0.2, 0) is 16.1 Å². The maximum Gasteiger partial charge on any atom is 0.355 e. The number of hydrogen-bond acceptors (Lipinski definition) is 6. The van der Waals surface area contributed by atoms with Crippen molar-refractivity contribution in [3.8, 4) is 5.75 Å². The van der Waals surface area contributed by atoms with Crippen molar-refractivity contribution in [1.82, 2.24) is 4.57 Å². The maximum absolute atomic E-state index is 12.2. The minimum absolute atomic E-state index is 0.0281. The van der Waals surface area contributed by atoms with Crippen molar-refractivity contribution in [2.45, 2.75) is 13.5 Å². The first-order chi connectivity index (χ1) is 10.8. The van der Waals surface area contributed by atoms with Gasteiger partial charge in [0.2, 0.25) is 5.43 Å². The van der Waals surface area contributed by atoms with Gasteiger partial charge >= 0.3 is 11.9 Å². The maximum atomic E-state index is 12.2. The topological polar surface area (TPSA) is 123 Å². The number of nitrogens with zero attached hydrogens (tertiary/aromatic N) is 1. The van der Waals surface area contributed by atoms with Crippen LogP contribution < -0.4 is 10.9 Å². The fraction of sp³-hybridized carbons (Fsp3) is 0.200. The third kappa shape index (κ3) is 3.20. The third-order valence-corrected chi connectivity index (χ3v) is 3.10. The molecule has 0 aliphatic heterocycles. The van der Waals surface area contributed by atoms with E-state index in [2.05, 4.69) is 0 Å². The van der Waals surface area contributed by atoms with E-state index in [1.165, 1.54) is 6.07 Å². The molecule has 2 aromatic rings. The molecule has 0 unspecified atom stereocenters. The van der Waals surface area contributed by atoms with Crippen LogP contribution in [0.1, 0.15) is 17.4 Å². The first kappa shape index (κ1) is 16.2. The molecule has 2 rings (SSSR count). The number of esters is 1. The number of hydrogen-bond donors (Lipinski definition) is 2. The zero-order valence-electron chi connectivity index (χ0n) is 12.1. The van der Waals surface area contributed by atoms with Gasteiger partial charge in [-0.15, -0.1) is 0 Å². The number of carbonyl (C=O) groups excluding carboxylic acids is 1. The van der Waals surface area contributed by atoms with Crippen molar-refractivity contribution in [1.29, 1.82) is 0 Å². The van der Waals surface area contributed by atoms with Crippen molar-refractivity contribution in [2.75, 3.05) is 6.61 Å². The van der Waals surface area contributed by atoms with E-state index in [-0.39, 0.29) is 23.2 Å². The van der Waals surface area contributed by atoms with Gasteiger partial charge < -0.3 is 19.5 Å². The molecule has 8 nitrogen and oxygen atoms in total. The summed E-state index contributed by atoms with van der Waals surface area (Å²) >= 11 is 0. The lowest BCUT2D eigenvalue weighted by molar-refractivity contribution is -0.137. The zero-order valence-corrected chi connectivity index (χ0v) is 12.1. The fourth-order valence-electron chi connectivity index (χ4n) is 2.13. The first-order valence-corrected chi connectivity index (χ1v) is 6.65. The summed E-state index contributed by atoms with van der Waals surface area (Å²) in [6, 6.07) is 4.07. The number of carbonyl (C=O) groups is 2. The number of rotatable bonds is 4. The number of fused-ring (bicyclic) bond motifs is 1. The van der Waals surface area contributed by atoms with Crippen LogP contribution in [-0.4, -0.2) is 33.3 Å². The van der Waals surface area contributed by atoms with E-state index < -0.39 is 35.1 Å². The normalized spacial score (nSPS) is 10.5. The number of pyridine rings is 1. The Morgan fingerprint density at radius 2 is 1.87 bits per heavy atom. The van der Waals surface area contributed by atoms with Gasteiger partial charge in [0.25, 0.3) is 0 Å². The Hall–Kier alpha value is -3.16. The summed E-state index contributed by atoms with van der Waals surface area (Å²) in [5.41, 5.74) is -1.66. The molecule has 1 heterocycles. The molecule has 0 fully saturated rings. The summed E-state index contributed by atoms with van der Waals surface area (Å²) in [4.78, 5) is 46.8. The van der Waals surface area contributed by atoms with Gasteiger partial charge in [-0.3, -0.25) is 14.4 Å². The predicted molar refractivity (Wildman–Crippen MR) is 79.7 cm³/mol. The monoisotopic (exact) mass is 319 g/mol. The Labute approximate surface area is 129 Å². The molecule has 1 aromatic carbocycles. The van der Waals surface area contributed by atoms with Gasteiger partial charge in [0.1, 0.15) is 12.2 Å². The predicted octanol–water partition coefficient (Wildman–Crippen LogP) is 0.329. The standard InChI is InChI=1S/C15H13NO7/c1-2-23-15(22)10-6-12(18)8-5-13(19)11(17)4-3-9(8)16(10)7-14(20)21/h3-6H,2,7H2,1H3,(H,17,19)(H,20,21).